The Hall–Kier alpha value is -1.65. The summed E-state index contributed by atoms with van der Waals surface area (Å²) in [7, 11) is 0. The normalized spacial score (nSPS) is 10.8. The van der Waals surface area contributed by atoms with E-state index in [2.05, 4.69) is 11.9 Å². The van der Waals surface area contributed by atoms with Gasteiger partial charge in [-0.1, -0.05) is 13.0 Å². The second-order valence-electron chi connectivity index (χ2n) is 4.70. The average molecular weight is 255 g/mol. The molecule has 0 aliphatic heterocycles. The van der Waals surface area contributed by atoms with E-state index in [1.54, 1.807) is 13.8 Å². The number of ketones is 1. The maximum absolute atomic E-state index is 11.8. The first-order valence-electron chi connectivity index (χ1n) is 5.99. The van der Waals surface area contributed by atoms with Crippen molar-refractivity contribution in [1.29, 1.82) is 0 Å². The van der Waals surface area contributed by atoms with Crippen LogP contribution in [0.2, 0.25) is 0 Å². The molecule has 1 amide bonds. The van der Waals surface area contributed by atoms with Crippen molar-refractivity contribution in [3.63, 3.8) is 0 Å². The summed E-state index contributed by atoms with van der Waals surface area (Å²) >= 11 is 0. The van der Waals surface area contributed by atoms with Crippen LogP contribution in [0.25, 0.3) is 0 Å². The highest BCUT2D eigenvalue weighted by atomic mass is 16.4. The Kier molecular flexibility index (Phi) is 6.93. The molecule has 0 saturated carbocycles. The van der Waals surface area contributed by atoms with Gasteiger partial charge in [0.15, 0.2) is 5.78 Å². The van der Waals surface area contributed by atoms with Crippen LogP contribution in [0.15, 0.2) is 12.7 Å². The molecule has 0 spiro atoms. The quantitative estimate of drug-likeness (QED) is 0.485. The highest BCUT2D eigenvalue weighted by Gasteiger charge is 2.27. The minimum absolute atomic E-state index is 0.0620. The molecule has 102 valence electrons. The van der Waals surface area contributed by atoms with Crippen LogP contribution in [0, 0.1) is 0 Å². The summed E-state index contributed by atoms with van der Waals surface area (Å²) in [5.74, 6) is -1.26. The highest BCUT2D eigenvalue weighted by Crippen LogP contribution is 2.11. The maximum atomic E-state index is 11.8. The Bertz CT molecular complexity index is 334. The topological polar surface area (TPSA) is 83.5 Å². The molecule has 0 aliphatic carbocycles. The standard InChI is InChI=1S/C13H21NO4/c1-4-11(16)14-13(2,3)10(15)8-6-5-7-9-12(17)18/h4H,1,5-9H2,2-3H3,(H,14,16)(H,17,18). The van der Waals surface area contributed by atoms with E-state index in [1.807, 2.05) is 0 Å². The Balaban J connectivity index is 3.96. The average Bonchev–Trinajstić information content (AvgIpc) is 2.27. The molecule has 0 heterocycles. The lowest BCUT2D eigenvalue weighted by atomic mass is 9.94. The minimum atomic E-state index is -0.905. The molecule has 5 nitrogen and oxygen atoms in total. The number of unbranched alkanes of at least 4 members (excludes halogenated alkanes) is 2. The van der Waals surface area contributed by atoms with Gasteiger partial charge in [0.25, 0.3) is 0 Å². The molecular formula is C13H21NO4. The first-order valence-corrected chi connectivity index (χ1v) is 5.99. The maximum Gasteiger partial charge on any atom is 0.303 e. The van der Waals surface area contributed by atoms with Crippen molar-refractivity contribution in [2.24, 2.45) is 0 Å². The molecule has 0 aromatic heterocycles. The van der Waals surface area contributed by atoms with Gasteiger partial charge in [-0.05, 0) is 32.8 Å². The molecule has 0 rings (SSSR count). The molecule has 0 aromatic carbocycles. The lowest BCUT2D eigenvalue weighted by Crippen LogP contribution is -2.49. The number of nitrogens with one attached hydrogen (secondary N) is 1. The molecule has 5 heteroatoms. The molecule has 0 fully saturated rings. The Labute approximate surface area is 107 Å². The molecule has 0 atom stereocenters. The van der Waals surface area contributed by atoms with Crippen molar-refractivity contribution in [2.75, 3.05) is 0 Å². The molecule has 0 aromatic rings. The van der Waals surface area contributed by atoms with Crippen LogP contribution in [0.4, 0.5) is 0 Å². The minimum Gasteiger partial charge on any atom is -0.481 e. The SMILES string of the molecule is C=CC(=O)NC(C)(C)C(=O)CCCCCC(=O)O. The molecular weight excluding hydrogens is 234 g/mol. The largest absolute Gasteiger partial charge is 0.481 e. The fraction of sp³-hybridized carbons (Fsp3) is 0.615. The van der Waals surface area contributed by atoms with Gasteiger partial charge in [0, 0.05) is 12.8 Å². The van der Waals surface area contributed by atoms with Crippen LogP contribution in [-0.2, 0) is 14.4 Å². The summed E-state index contributed by atoms with van der Waals surface area (Å²) in [5.41, 5.74) is -0.905. The number of rotatable bonds is 9. The van der Waals surface area contributed by atoms with Crippen LogP contribution in [-0.4, -0.2) is 28.3 Å². The fourth-order valence-electron chi connectivity index (χ4n) is 1.48. The molecule has 0 radical (unpaired) electrons. The number of carboxylic acids is 1. The van der Waals surface area contributed by atoms with Gasteiger partial charge in [0.2, 0.25) is 5.91 Å². The van der Waals surface area contributed by atoms with Gasteiger partial charge in [-0.25, -0.2) is 0 Å². The number of hydrogen-bond acceptors (Lipinski definition) is 3. The number of carbonyl (C=O) groups excluding carboxylic acids is 2. The molecule has 18 heavy (non-hydrogen) atoms. The van der Waals surface area contributed by atoms with Crippen molar-refractivity contribution in [2.45, 2.75) is 51.5 Å². The van der Waals surface area contributed by atoms with Gasteiger partial charge < -0.3 is 10.4 Å². The van der Waals surface area contributed by atoms with E-state index >= 15 is 0 Å². The van der Waals surface area contributed by atoms with Crippen LogP contribution in [0.3, 0.4) is 0 Å². The molecule has 0 bridgehead atoms. The number of hydrogen-bond donors (Lipinski definition) is 2. The van der Waals surface area contributed by atoms with Crippen LogP contribution >= 0.6 is 0 Å². The van der Waals surface area contributed by atoms with Gasteiger partial charge in [0.1, 0.15) is 0 Å². The number of amides is 1. The smallest absolute Gasteiger partial charge is 0.303 e. The number of aliphatic carboxylic acids is 1. The van der Waals surface area contributed by atoms with E-state index in [4.69, 9.17) is 5.11 Å². The predicted molar refractivity (Wildman–Crippen MR) is 68.1 cm³/mol. The van der Waals surface area contributed by atoms with E-state index in [9.17, 15) is 14.4 Å². The fourth-order valence-corrected chi connectivity index (χ4v) is 1.48. The number of Topliss-reactive ketones (excluding diaryl/α,β-unsaturated/α-hetero) is 1. The second-order valence-corrected chi connectivity index (χ2v) is 4.70. The molecule has 0 unspecified atom stereocenters. The zero-order chi connectivity index (χ0) is 14.2. The lowest BCUT2D eigenvalue weighted by Gasteiger charge is -2.24. The van der Waals surface area contributed by atoms with E-state index in [1.165, 1.54) is 0 Å². The molecule has 0 saturated heterocycles. The van der Waals surface area contributed by atoms with Gasteiger partial charge in [-0.2, -0.15) is 0 Å². The lowest BCUT2D eigenvalue weighted by molar-refractivity contribution is -0.137. The first-order chi connectivity index (χ1) is 8.29. The Morgan fingerprint density at radius 1 is 1.17 bits per heavy atom. The summed E-state index contributed by atoms with van der Waals surface area (Å²) in [6.45, 7) is 6.62. The van der Waals surface area contributed by atoms with E-state index in [-0.39, 0.29) is 18.1 Å². The molecule has 0 aliphatic rings. The summed E-state index contributed by atoms with van der Waals surface area (Å²) in [6.07, 6.45) is 3.50. The van der Waals surface area contributed by atoms with Crippen molar-refractivity contribution in [1.82, 2.24) is 5.32 Å². The predicted octanol–water partition coefficient (Wildman–Crippen LogP) is 1.67. The summed E-state index contributed by atoms with van der Waals surface area (Å²) in [4.78, 5) is 33.3. The third-order valence-corrected chi connectivity index (χ3v) is 2.61. The van der Waals surface area contributed by atoms with Crippen LogP contribution < -0.4 is 5.32 Å². The van der Waals surface area contributed by atoms with Crippen LogP contribution in [0.1, 0.15) is 46.0 Å². The first kappa shape index (κ1) is 16.4. The highest BCUT2D eigenvalue weighted by molar-refractivity contribution is 5.95. The third kappa shape index (κ3) is 6.83. The third-order valence-electron chi connectivity index (χ3n) is 2.61. The monoisotopic (exact) mass is 255 g/mol. The summed E-state index contributed by atoms with van der Waals surface area (Å²) in [6, 6.07) is 0. The zero-order valence-corrected chi connectivity index (χ0v) is 11.0. The number of carbonyl (C=O) groups is 3. The van der Waals surface area contributed by atoms with Crippen LogP contribution in [0.5, 0.6) is 0 Å². The van der Waals surface area contributed by atoms with Crippen molar-refractivity contribution in [3.8, 4) is 0 Å². The second kappa shape index (κ2) is 7.63. The van der Waals surface area contributed by atoms with Gasteiger partial charge in [-0.3, -0.25) is 14.4 Å². The zero-order valence-electron chi connectivity index (χ0n) is 11.0. The van der Waals surface area contributed by atoms with Crippen molar-refractivity contribution < 1.29 is 19.5 Å². The molecule has 2 N–H and O–H groups in total. The van der Waals surface area contributed by atoms with Gasteiger partial charge >= 0.3 is 5.97 Å². The van der Waals surface area contributed by atoms with E-state index < -0.39 is 11.5 Å². The number of carboxylic acid groups (broad SMARTS) is 1. The van der Waals surface area contributed by atoms with E-state index in [0.717, 1.165) is 6.08 Å². The summed E-state index contributed by atoms with van der Waals surface area (Å²) in [5, 5.41) is 11.0. The summed E-state index contributed by atoms with van der Waals surface area (Å²) < 4.78 is 0. The Morgan fingerprint density at radius 2 is 1.72 bits per heavy atom. The van der Waals surface area contributed by atoms with E-state index in [0.29, 0.717) is 25.7 Å². The van der Waals surface area contributed by atoms with Gasteiger partial charge in [0.05, 0.1) is 5.54 Å². The van der Waals surface area contributed by atoms with Crippen molar-refractivity contribution >= 4 is 17.7 Å². The van der Waals surface area contributed by atoms with Gasteiger partial charge in [-0.15, -0.1) is 0 Å². The Morgan fingerprint density at radius 3 is 2.22 bits per heavy atom. The van der Waals surface area contributed by atoms with Crippen molar-refractivity contribution in [3.05, 3.63) is 12.7 Å².